The first-order valence-electron chi connectivity index (χ1n) is 14.1. The number of Topliss-reactive ketones (excluding diaryl/α,β-unsaturated/α-hetero) is 1. The second-order valence-corrected chi connectivity index (χ2v) is 13.6. The predicted molar refractivity (Wildman–Crippen MR) is 133 cm³/mol. The molecule has 34 heavy (non-hydrogen) atoms. The predicted octanol–water partition coefficient (Wildman–Crippen LogP) is 4.20. The molecule has 4 aliphatic carbocycles. The lowest BCUT2D eigenvalue weighted by Gasteiger charge is -2.61. The maximum Gasteiger partial charge on any atom is 0.136 e. The maximum absolute atomic E-state index is 13.4. The van der Waals surface area contributed by atoms with E-state index in [0.717, 1.165) is 32.1 Å². The van der Waals surface area contributed by atoms with Gasteiger partial charge in [-0.1, -0.05) is 48.0 Å². The van der Waals surface area contributed by atoms with Crippen molar-refractivity contribution in [1.29, 1.82) is 0 Å². The number of ketones is 1. The first-order chi connectivity index (χ1) is 15.9. The van der Waals surface area contributed by atoms with Gasteiger partial charge in [0.05, 0.1) is 24.4 Å². The zero-order chi connectivity index (χ0) is 25.2. The van der Waals surface area contributed by atoms with Crippen LogP contribution in [0.15, 0.2) is 0 Å². The van der Waals surface area contributed by atoms with Crippen molar-refractivity contribution in [1.82, 2.24) is 0 Å². The lowest BCUT2D eigenvalue weighted by Crippen LogP contribution is -2.59. The van der Waals surface area contributed by atoms with E-state index < -0.39 is 24.4 Å². The quantitative estimate of drug-likeness (QED) is 0.459. The normalized spacial score (nSPS) is 48.0. The summed E-state index contributed by atoms with van der Waals surface area (Å²) in [7, 11) is 0. The van der Waals surface area contributed by atoms with Crippen LogP contribution >= 0.6 is 0 Å². The van der Waals surface area contributed by atoms with Gasteiger partial charge in [-0.25, -0.2) is 0 Å². The SMILES string of the molecule is CC[C@@H](C(C)C)[C@H](O)[C@@H](O)[C@@H](C)C1CCC2C3CC(=O)C4C[C@H](O)[C@H](O)C[C@]4(C)C3CC[C@@]21C. The zero-order valence-electron chi connectivity index (χ0n) is 22.3. The number of rotatable bonds is 6. The fourth-order valence-electron chi connectivity index (χ4n) is 9.89. The molecule has 4 saturated carbocycles. The molecule has 5 heteroatoms. The van der Waals surface area contributed by atoms with E-state index in [4.69, 9.17) is 0 Å². The number of fused-ring (bicyclic) bond motifs is 5. The van der Waals surface area contributed by atoms with Crippen molar-refractivity contribution in [2.45, 2.75) is 117 Å². The van der Waals surface area contributed by atoms with Crippen molar-refractivity contribution < 1.29 is 25.2 Å². The lowest BCUT2D eigenvalue weighted by molar-refractivity contribution is -0.175. The van der Waals surface area contributed by atoms with Gasteiger partial charge in [0.1, 0.15) is 5.78 Å². The Hall–Kier alpha value is -0.490. The van der Waals surface area contributed by atoms with E-state index in [0.29, 0.717) is 48.9 Å². The van der Waals surface area contributed by atoms with E-state index in [-0.39, 0.29) is 34.4 Å². The Morgan fingerprint density at radius 2 is 1.59 bits per heavy atom. The number of hydrogen-bond acceptors (Lipinski definition) is 5. The molecule has 13 atom stereocenters. The van der Waals surface area contributed by atoms with Crippen LogP contribution in [0.4, 0.5) is 0 Å². The molecule has 0 radical (unpaired) electrons. The summed E-state index contributed by atoms with van der Waals surface area (Å²) < 4.78 is 0. The fraction of sp³-hybridized carbons (Fsp3) is 0.966. The van der Waals surface area contributed by atoms with Crippen molar-refractivity contribution in [2.75, 3.05) is 0 Å². The first kappa shape index (κ1) is 26.6. The third-order valence-electron chi connectivity index (χ3n) is 11.8. The highest BCUT2D eigenvalue weighted by Gasteiger charge is 2.63. The Balaban J connectivity index is 1.55. The molecule has 4 rings (SSSR count). The highest BCUT2D eigenvalue weighted by atomic mass is 16.3. The van der Waals surface area contributed by atoms with Crippen LogP contribution in [0, 0.1) is 58.2 Å². The van der Waals surface area contributed by atoms with Crippen molar-refractivity contribution in [2.24, 2.45) is 58.2 Å². The summed E-state index contributed by atoms with van der Waals surface area (Å²) >= 11 is 0. The third-order valence-corrected chi connectivity index (χ3v) is 11.8. The van der Waals surface area contributed by atoms with Gasteiger partial charge < -0.3 is 20.4 Å². The molecule has 0 aliphatic heterocycles. The number of hydrogen-bond donors (Lipinski definition) is 4. The molecule has 0 aromatic carbocycles. The Labute approximate surface area is 206 Å². The standard InChI is InChI=1S/C29H50O5/c1-7-17(15(2)3)27(34)26(33)16(4)19-8-9-20-18-12-23(30)22-13-24(31)25(32)14-29(22,6)21(18)10-11-28(19,20)5/h15-22,24-27,31-34H,7-14H2,1-6H3/t16-,17-,18?,19?,20?,21?,22?,24-,25+,26-,27-,28+,29+/m0/s1. The van der Waals surface area contributed by atoms with Crippen molar-refractivity contribution in [3.63, 3.8) is 0 Å². The Morgan fingerprint density at radius 3 is 2.21 bits per heavy atom. The minimum atomic E-state index is -0.783. The fourth-order valence-corrected chi connectivity index (χ4v) is 9.89. The molecule has 0 aromatic rings. The molecular weight excluding hydrogens is 428 g/mol. The smallest absolute Gasteiger partial charge is 0.136 e. The number of aliphatic hydroxyl groups excluding tert-OH is 4. The minimum Gasteiger partial charge on any atom is -0.390 e. The van der Waals surface area contributed by atoms with Crippen molar-refractivity contribution in [3.8, 4) is 0 Å². The number of carbonyl (C=O) groups is 1. The Kier molecular flexibility index (Phi) is 7.37. The minimum absolute atomic E-state index is 0.0172. The molecule has 196 valence electrons. The second-order valence-electron chi connectivity index (χ2n) is 13.6. The van der Waals surface area contributed by atoms with Crippen LogP contribution in [0.5, 0.6) is 0 Å². The Morgan fingerprint density at radius 1 is 0.941 bits per heavy atom. The summed E-state index contributed by atoms with van der Waals surface area (Å²) in [5, 5.41) is 43.1. The molecule has 4 aliphatic rings. The zero-order valence-corrected chi connectivity index (χ0v) is 22.3. The molecule has 0 spiro atoms. The van der Waals surface area contributed by atoms with Gasteiger partial charge >= 0.3 is 0 Å². The summed E-state index contributed by atoms with van der Waals surface area (Å²) in [6.07, 6.45) is 3.69. The van der Waals surface area contributed by atoms with E-state index in [1.54, 1.807) is 0 Å². The Bertz CT molecular complexity index is 753. The molecule has 5 nitrogen and oxygen atoms in total. The van der Waals surface area contributed by atoms with Gasteiger partial charge in [-0.2, -0.15) is 0 Å². The second kappa shape index (κ2) is 9.43. The van der Waals surface area contributed by atoms with Gasteiger partial charge in [-0.05, 0) is 90.8 Å². The summed E-state index contributed by atoms with van der Waals surface area (Å²) in [6.45, 7) is 13.1. The monoisotopic (exact) mass is 478 g/mol. The van der Waals surface area contributed by atoms with Crippen LogP contribution in [-0.2, 0) is 4.79 Å². The summed E-state index contributed by atoms with van der Waals surface area (Å²) in [5.74, 6) is 2.12. The van der Waals surface area contributed by atoms with Crippen LogP contribution < -0.4 is 0 Å². The summed E-state index contributed by atoms with van der Waals surface area (Å²) in [6, 6.07) is 0. The molecule has 0 bridgehead atoms. The molecule has 0 amide bonds. The highest BCUT2D eigenvalue weighted by molar-refractivity contribution is 5.83. The molecule has 0 saturated heterocycles. The number of carbonyl (C=O) groups excluding carboxylic acids is 1. The molecular formula is C29H50O5. The summed E-state index contributed by atoms with van der Waals surface area (Å²) in [4.78, 5) is 13.4. The van der Waals surface area contributed by atoms with Gasteiger partial charge in [-0.15, -0.1) is 0 Å². The van der Waals surface area contributed by atoms with E-state index in [1.165, 1.54) is 0 Å². The van der Waals surface area contributed by atoms with Crippen LogP contribution in [-0.4, -0.2) is 50.6 Å². The van der Waals surface area contributed by atoms with Crippen LogP contribution in [0.3, 0.4) is 0 Å². The topological polar surface area (TPSA) is 98.0 Å². The maximum atomic E-state index is 13.4. The average Bonchev–Trinajstić information content (AvgIpc) is 3.12. The van der Waals surface area contributed by atoms with E-state index in [2.05, 4.69) is 41.5 Å². The highest BCUT2D eigenvalue weighted by Crippen LogP contribution is 2.67. The van der Waals surface area contributed by atoms with E-state index in [1.807, 2.05) is 0 Å². The molecule has 5 unspecified atom stereocenters. The summed E-state index contributed by atoms with van der Waals surface area (Å²) in [5.41, 5.74) is -0.165. The van der Waals surface area contributed by atoms with Crippen LogP contribution in [0.1, 0.15) is 92.9 Å². The van der Waals surface area contributed by atoms with E-state index >= 15 is 0 Å². The number of aliphatic hydroxyl groups is 4. The molecule has 0 aromatic heterocycles. The van der Waals surface area contributed by atoms with Gasteiger partial charge in [0.2, 0.25) is 0 Å². The van der Waals surface area contributed by atoms with Gasteiger partial charge in [0.25, 0.3) is 0 Å². The largest absolute Gasteiger partial charge is 0.390 e. The third kappa shape index (κ3) is 4.01. The van der Waals surface area contributed by atoms with Crippen LogP contribution in [0.2, 0.25) is 0 Å². The van der Waals surface area contributed by atoms with Gasteiger partial charge in [-0.3, -0.25) is 4.79 Å². The van der Waals surface area contributed by atoms with Gasteiger partial charge in [0.15, 0.2) is 0 Å². The van der Waals surface area contributed by atoms with Crippen molar-refractivity contribution in [3.05, 3.63) is 0 Å². The lowest BCUT2D eigenvalue weighted by atomic mass is 9.44. The van der Waals surface area contributed by atoms with Gasteiger partial charge in [0, 0.05) is 12.3 Å². The van der Waals surface area contributed by atoms with Crippen LogP contribution in [0.25, 0.3) is 0 Å². The molecule has 4 N–H and O–H groups in total. The van der Waals surface area contributed by atoms with E-state index in [9.17, 15) is 25.2 Å². The first-order valence-corrected chi connectivity index (χ1v) is 14.1. The van der Waals surface area contributed by atoms with Crippen molar-refractivity contribution >= 4 is 5.78 Å². The molecule has 0 heterocycles. The average molecular weight is 479 g/mol. The molecule has 4 fully saturated rings.